The van der Waals surface area contributed by atoms with Gasteiger partial charge in [0.25, 0.3) is 0 Å². The second-order valence-corrected chi connectivity index (χ2v) is 14.0. The molecule has 1 aliphatic rings. The lowest BCUT2D eigenvalue weighted by atomic mass is 9.98. The van der Waals surface area contributed by atoms with Crippen LogP contribution >= 0.6 is 15.8 Å². The molecule has 2 unspecified atom stereocenters. The Hall–Kier alpha value is -2.18. The molecule has 4 atom stereocenters. The van der Waals surface area contributed by atoms with Crippen molar-refractivity contribution in [3.8, 4) is 0 Å². The van der Waals surface area contributed by atoms with E-state index in [9.17, 15) is 0 Å². The van der Waals surface area contributed by atoms with Gasteiger partial charge in [-0.3, -0.25) is 0 Å². The average Bonchev–Trinajstić information content (AvgIpc) is 3.65. The molecule has 0 spiro atoms. The van der Waals surface area contributed by atoms with E-state index in [1.165, 1.54) is 23.5 Å². The van der Waals surface area contributed by atoms with E-state index in [2.05, 4.69) is 98.7 Å². The van der Waals surface area contributed by atoms with Crippen molar-refractivity contribution in [1.82, 2.24) is 4.90 Å². The second kappa shape index (κ2) is 10.6. The molecule has 0 aliphatic heterocycles. The zero-order valence-corrected chi connectivity index (χ0v) is 21.9. The van der Waals surface area contributed by atoms with Crippen LogP contribution < -0.4 is 21.6 Å². The third kappa shape index (κ3) is 4.67. The first-order valence-electron chi connectivity index (χ1n) is 12.1. The van der Waals surface area contributed by atoms with E-state index in [1.54, 1.807) is 0 Å². The normalized spacial score (nSPS) is 21.5. The lowest BCUT2D eigenvalue weighted by Gasteiger charge is -2.39. The number of benzene rings is 2. The molecule has 1 fully saturated rings. The summed E-state index contributed by atoms with van der Waals surface area (Å²) in [7, 11) is 3.13. The third-order valence-corrected chi connectivity index (χ3v) is 13.2. The highest BCUT2D eigenvalue weighted by Gasteiger charge is 2.49. The zero-order chi connectivity index (χ0) is 23.5. The summed E-state index contributed by atoms with van der Waals surface area (Å²) in [6, 6.07) is 31.2. The van der Waals surface area contributed by atoms with Crippen LogP contribution in [0.3, 0.4) is 0 Å². The van der Waals surface area contributed by atoms with Crippen molar-refractivity contribution in [1.29, 1.82) is 0 Å². The van der Waals surface area contributed by atoms with E-state index >= 15 is 0 Å². The van der Waals surface area contributed by atoms with Gasteiger partial charge >= 0.3 is 0 Å². The Bertz CT molecular complexity index is 1060. The fraction of sp³-hybridized carbons (Fsp3) is 0.310. The van der Waals surface area contributed by atoms with Crippen molar-refractivity contribution in [2.45, 2.75) is 37.1 Å². The first-order chi connectivity index (χ1) is 16.6. The van der Waals surface area contributed by atoms with Gasteiger partial charge in [-0.05, 0) is 88.2 Å². The van der Waals surface area contributed by atoms with Crippen LogP contribution in [0.2, 0.25) is 0 Å². The molecule has 1 aliphatic carbocycles. The molecule has 5 heteroatoms. The van der Waals surface area contributed by atoms with Gasteiger partial charge in [-0.1, -0.05) is 60.7 Å². The minimum atomic E-state index is -0.771. The summed E-state index contributed by atoms with van der Waals surface area (Å²) in [6.45, 7) is 2.39. The van der Waals surface area contributed by atoms with Crippen LogP contribution in [0, 0.1) is 5.92 Å². The van der Waals surface area contributed by atoms with Gasteiger partial charge in [0.15, 0.2) is 0 Å². The van der Waals surface area contributed by atoms with Gasteiger partial charge in [-0.2, -0.15) is 0 Å². The fourth-order valence-corrected chi connectivity index (χ4v) is 12.2. The molecule has 0 saturated heterocycles. The fourth-order valence-electron chi connectivity index (χ4n) is 5.47. The van der Waals surface area contributed by atoms with Crippen molar-refractivity contribution in [2.75, 3.05) is 14.1 Å². The van der Waals surface area contributed by atoms with Crippen LogP contribution in [0.5, 0.6) is 0 Å². The molecule has 1 saturated carbocycles. The zero-order valence-electron chi connectivity index (χ0n) is 20.1. The summed E-state index contributed by atoms with van der Waals surface area (Å²) >= 11 is 0. The Morgan fingerprint density at radius 1 is 0.706 bits per heavy atom. The standard InChI is InChI=1S/C29H33NO2P2/c1-22(30(2)3)25-18-19-26(29(25)34(27-16-10-20-31-27)28-17-11-21-32-28)33(23-12-6-4-7-13-23)24-14-8-5-9-15-24/h4-17,20-22,25-26,29H,18-19H2,1-3H3/t22-,25?,26+,29?/m1/s1. The maximum absolute atomic E-state index is 6.12. The van der Waals surface area contributed by atoms with Crippen LogP contribution in [0.25, 0.3) is 0 Å². The van der Waals surface area contributed by atoms with Crippen molar-refractivity contribution < 1.29 is 8.83 Å². The van der Waals surface area contributed by atoms with Gasteiger partial charge in [0, 0.05) is 19.6 Å². The van der Waals surface area contributed by atoms with Gasteiger partial charge < -0.3 is 13.7 Å². The van der Waals surface area contributed by atoms with Crippen molar-refractivity contribution in [3.05, 3.63) is 97.5 Å². The van der Waals surface area contributed by atoms with E-state index in [0.29, 0.717) is 23.3 Å². The molecule has 2 aromatic heterocycles. The summed E-state index contributed by atoms with van der Waals surface area (Å²) in [5.41, 5.74) is 3.17. The van der Waals surface area contributed by atoms with Crippen LogP contribution in [-0.4, -0.2) is 36.4 Å². The molecular formula is C29H33NO2P2. The van der Waals surface area contributed by atoms with Gasteiger partial charge in [0.2, 0.25) is 0 Å². The lowest BCUT2D eigenvalue weighted by Crippen LogP contribution is -2.42. The van der Waals surface area contributed by atoms with Gasteiger partial charge in [0.05, 0.1) is 12.5 Å². The van der Waals surface area contributed by atoms with Crippen LogP contribution in [0.15, 0.2) is 106 Å². The summed E-state index contributed by atoms with van der Waals surface area (Å²) in [5, 5.41) is 2.93. The highest BCUT2D eigenvalue weighted by atomic mass is 31.1. The number of nitrogens with zero attached hydrogens (tertiary/aromatic N) is 1. The predicted octanol–water partition coefficient (Wildman–Crippen LogP) is 5.54. The molecule has 2 heterocycles. The summed E-state index contributed by atoms with van der Waals surface area (Å²) in [5.74, 6) is 0.568. The SMILES string of the molecule is C[C@H](C1CC[C@H](P(c2ccccc2)c2ccccc2)C1P(c1ccco1)c1ccco1)N(C)C. The first kappa shape index (κ1) is 23.6. The molecule has 5 rings (SSSR count). The Morgan fingerprint density at radius 3 is 1.68 bits per heavy atom. The maximum Gasteiger partial charge on any atom is 0.133 e. The molecular weight excluding hydrogens is 456 g/mol. The first-order valence-corrected chi connectivity index (χ1v) is 14.9. The number of furan rings is 2. The summed E-state index contributed by atoms with van der Waals surface area (Å²) in [6.07, 6.45) is 6.09. The molecule has 3 nitrogen and oxygen atoms in total. The van der Waals surface area contributed by atoms with E-state index in [-0.39, 0.29) is 0 Å². The van der Waals surface area contributed by atoms with Crippen molar-refractivity contribution >= 4 is 37.5 Å². The van der Waals surface area contributed by atoms with Gasteiger partial charge in [-0.15, -0.1) is 0 Å². The van der Waals surface area contributed by atoms with E-state index in [0.717, 1.165) is 11.0 Å². The Balaban J connectivity index is 1.66. The topological polar surface area (TPSA) is 29.5 Å². The highest BCUT2D eigenvalue weighted by Crippen LogP contribution is 2.60. The minimum Gasteiger partial charge on any atom is -0.464 e. The largest absolute Gasteiger partial charge is 0.464 e. The van der Waals surface area contributed by atoms with Crippen LogP contribution in [0.4, 0.5) is 0 Å². The molecule has 34 heavy (non-hydrogen) atoms. The second-order valence-electron chi connectivity index (χ2n) is 9.32. The maximum atomic E-state index is 6.12. The van der Waals surface area contributed by atoms with Crippen LogP contribution in [-0.2, 0) is 0 Å². The molecule has 4 aromatic rings. The summed E-state index contributed by atoms with van der Waals surface area (Å²) < 4.78 is 12.2. The molecule has 0 bridgehead atoms. The molecule has 0 radical (unpaired) electrons. The quantitative estimate of drug-likeness (QED) is 0.305. The van der Waals surface area contributed by atoms with Crippen LogP contribution in [0.1, 0.15) is 19.8 Å². The van der Waals surface area contributed by atoms with Gasteiger partial charge in [-0.25, -0.2) is 0 Å². The van der Waals surface area contributed by atoms with Gasteiger partial charge in [0.1, 0.15) is 11.0 Å². The number of rotatable bonds is 8. The highest BCUT2D eigenvalue weighted by molar-refractivity contribution is 7.77. The molecule has 2 aromatic carbocycles. The van der Waals surface area contributed by atoms with Crippen molar-refractivity contribution in [3.63, 3.8) is 0 Å². The minimum absolute atomic E-state index is 0.469. The molecule has 0 N–H and O–H groups in total. The Kier molecular flexibility index (Phi) is 7.35. The van der Waals surface area contributed by atoms with E-state index in [4.69, 9.17) is 8.83 Å². The Labute approximate surface area is 205 Å². The number of hydrogen-bond acceptors (Lipinski definition) is 3. The monoisotopic (exact) mass is 489 g/mol. The van der Waals surface area contributed by atoms with Crippen molar-refractivity contribution in [2.24, 2.45) is 5.92 Å². The Morgan fingerprint density at radius 2 is 1.24 bits per heavy atom. The number of hydrogen-bond donors (Lipinski definition) is 0. The lowest BCUT2D eigenvalue weighted by molar-refractivity contribution is 0.232. The molecule has 176 valence electrons. The van der Waals surface area contributed by atoms with E-state index < -0.39 is 15.8 Å². The predicted molar refractivity (Wildman–Crippen MR) is 146 cm³/mol. The summed E-state index contributed by atoms with van der Waals surface area (Å²) in [4.78, 5) is 2.39. The average molecular weight is 490 g/mol. The van der Waals surface area contributed by atoms with E-state index in [1.807, 2.05) is 24.7 Å². The third-order valence-electron chi connectivity index (χ3n) is 7.25. The molecule has 0 amide bonds. The smallest absolute Gasteiger partial charge is 0.133 e.